The van der Waals surface area contributed by atoms with Crippen molar-refractivity contribution in [2.75, 3.05) is 6.26 Å². The van der Waals surface area contributed by atoms with Gasteiger partial charge in [-0.2, -0.15) is 4.98 Å². The van der Waals surface area contributed by atoms with Crippen LogP contribution < -0.4 is 4.74 Å². The van der Waals surface area contributed by atoms with Crippen LogP contribution in [0.25, 0.3) is 22.1 Å². The molecular weight excluding hydrogens is 328 g/mol. The van der Waals surface area contributed by atoms with Gasteiger partial charge in [-0.25, -0.2) is 13.4 Å². The Morgan fingerprint density at radius 2 is 1.88 bits per heavy atom. The lowest BCUT2D eigenvalue weighted by Gasteiger charge is -2.06. The third kappa shape index (κ3) is 2.48. The first-order valence-corrected chi connectivity index (χ1v) is 9.02. The van der Waals surface area contributed by atoms with Crippen molar-refractivity contribution in [1.82, 2.24) is 9.97 Å². The zero-order chi connectivity index (χ0) is 16.7. The van der Waals surface area contributed by atoms with E-state index in [0.717, 1.165) is 11.6 Å². The van der Waals surface area contributed by atoms with Crippen LogP contribution in [-0.4, -0.2) is 24.6 Å². The summed E-state index contributed by atoms with van der Waals surface area (Å²) in [6.45, 7) is 0. The van der Waals surface area contributed by atoms with Gasteiger partial charge in [-0.3, -0.25) is 0 Å². The van der Waals surface area contributed by atoms with E-state index in [-0.39, 0.29) is 10.8 Å². The van der Waals surface area contributed by atoms with Gasteiger partial charge < -0.3 is 9.15 Å². The fraction of sp³-hybridized carbons (Fsp3) is 0.0588. The number of sulfone groups is 1. The fourth-order valence-electron chi connectivity index (χ4n) is 2.46. The predicted octanol–water partition coefficient (Wildman–Crippen LogP) is 3.57. The number of furan rings is 1. The van der Waals surface area contributed by atoms with Crippen LogP contribution in [-0.2, 0) is 9.84 Å². The summed E-state index contributed by atoms with van der Waals surface area (Å²) in [6, 6.07) is 13.7. The van der Waals surface area contributed by atoms with Crippen molar-refractivity contribution in [3.8, 4) is 11.6 Å². The molecule has 4 rings (SSSR count). The molecule has 0 N–H and O–H groups in total. The van der Waals surface area contributed by atoms with Crippen LogP contribution in [0.1, 0.15) is 0 Å². The maximum Gasteiger partial charge on any atom is 0.267 e. The molecule has 24 heavy (non-hydrogen) atoms. The van der Waals surface area contributed by atoms with E-state index in [0.29, 0.717) is 22.4 Å². The molecule has 0 saturated heterocycles. The van der Waals surface area contributed by atoms with Crippen molar-refractivity contribution in [3.63, 3.8) is 0 Å². The third-order valence-corrected chi connectivity index (χ3v) is 4.68. The fourth-order valence-corrected chi connectivity index (χ4v) is 3.11. The van der Waals surface area contributed by atoms with Gasteiger partial charge in [0.25, 0.3) is 5.88 Å². The van der Waals surface area contributed by atoms with E-state index in [9.17, 15) is 8.42 Å². The van der Waals surface area contributed by atoms with Crippen molar-refractivity contribution < 1.29 is 17.6 Å². The van der Waals surface area contributed by atoms with Crippen molar-refractivity contribution in [2.24, 2.45) is 0 Å². The molecule has 0 bridgehead atoms. The van der Waals surface area contributed by atoms with Gasteiger partial charge in [0.15, 0.2) is 9.84 Å². The van der Waals surface area contributed by atoms with Crippen LogP contribution in [0, 0.1) is 0 Å². The van der Waals surface area contributed by atoms with Crippen molar-refractivity contribution in [2.45, 2.75) is 4.90 Å². The predicted molar refractivity (Wildman–Crippen MR) is 88.9 cm³/mol. The summed E-state index contributed by atoms with van der Waals surface area (Å²) in [6.07, 6.45) is 2.54. The third-order valence-electron chi connectivity index (χ3n) is 3.57. The number of hydrogen-bond acceptors (Lipinski definition) is 6. The van der Waals surface area contributed by atoms with Crippen LogP contribution in [0.15, 0.2) is 64.2 Å². The molecule has 0 saturated carbocycles. The Labute approximate surface area is 137 Å². The van der Waals surface area contributed by atoms with Crippen LogP contribution in [0.4, 0.5) is 0 Å². The standard InChI is InChI=1S/C17H12N2O4S/c1-24(20,21)12-6-4-5-11(9-12)22-17-16-15(18-10-19-17)13-7-2-3-8-14(13)23-16/h2-10H,1H3. The minimum atomic E-state index is -3.32. The summed E-state index contributed by atoms with van der Waals surface area (Å²) >= 11 is 0. The Hall–Kier alpha value is -2.93. The van der Waals surface area contributed by atoms with E-state index in [1.54, 1.807) is 12.1 Å². The number of para-hydroxylation sites is 1. The highest BCUT2D eigenvalue weighted by molar-refractivity contribution is 7.90. The van der Waals surface area contributed by atoms with E-state index >= 15 is 0 Å². The van der Waals surface area contributed by atoms with Gasteiger partial charge in [0.1, 0.15) is 23.2 Å². The Bertz CT molecular complexity index is 1170. The van der Waals surface area contributed by atoms with Crippen molar-refractivity contribution in [3.05, 3.63) is 54.9 Å². The van der Waals surface area contributed by atoms with E-state index in [2.05, 4.69) is 9.97 Å². The number of aromatic nitrogens is 2. The van der Waals surface area contributed by atoms with E-state index in [4.69, 9.17) is 9.15 Å². The second-order valence-corrected chi connectivity index (χ2v) is 7.32. The average molecular weight is 340 g/mol. The molecule has 7 heteroatoms. The quantitative estimate of drug-likeness (QED) is 0.567. The number of ether oxygens (including phenoxy) is 1. The monoisotopic (exact) mass is 340 g/mol. The zero-order valence-electron chi connectivity index (χ0n) is 12.6. The Balaban J connectivity index is 1.83. The number of rotatable bonds is 3. The molecule has 4 aromatic rings. The largest absolute Gasteiger partial charge is 0.449 e. The number of hydrogen-bond donors (Lipinski definition) is 0. The Morgan fingerprint density at radius 1 is 1.04 bits per heavy atom. The molecule has 0 amide bonds. The molecule has 0 radical (unpaired) electrons. The molecule has 120 valence electrons. The zero-order valence-corrected chi connectivity index (χ0v) is 13.4. The van der Waals surface area contributed by atoms with Crippen LogP contribution in [0.5, 0.6) is 11.6 Å². The normalized spacial score (nSPS) is 11.9. The smallest absolute Gasteiger partial charge is 0.267 e. The summed E-state index contributed by atoms with van der Waals surface area (Å²) in [5.74, 6) is 0.597. The van der Waals surface area contributed by atoms with Gasteiger partial charge in [0.05, 0.1) is 4.90 Å². The molecule has 0 atom stereocenters. The summed E-state index contributed by atoms with van der Waals surface area (Å²) in [5, 5.41) is 0.865. The summed E-state index contributed by atoms with van der Waals surface area (Å²) < 4.78 is 34.9. The van der Waals surface area contributed by atoms with Crippen LogP contribution in [0.3, 0.4) is 0 Å². The number of fused-ring (bicyclic) bond motifs is 3. The van der Waals surface area contributed by atoms with Crippen LogP contribution in [0.2, 0.25) is 0 Å². The van der Waals surface area contributed by atoms with E-state index in [1.165, 1.54) is 18.5 Å². The highest BCUT2D eigenvalue weighted by Crippen LogP contribution is 2.33. The lowest BCUT2D eigenvalue weighted by molar-refractivity contribution is 0.454. The molecule has 0 spiro atoms. The lowest BCUT2D eigenvalue weighted by Crippen LogP contribution is -1.97. The molecule has 0 aliphatic rings. The maximum atomic E-state index is 11.7. The Morgan fingerprint density at radius 3 is 2.71 bits per heavy atom. The van der Waals surface area contributed by atoms with Crippen molar-refractivity contribution >= 4 is 31.9 Å². The highest BCUT2D eigenvalue weighted by Gasteiger charge is 2.15. The average Bonchev–Trinajstić information content (AvgIpc) is 2.94. The van der Waals surface area contributed by atoms with Gasteiger partial charge >= 0.3 is 0 Å². The SMILES string of the molecule is CS(=O)(=O)c1cccc(Oc2ncnc3c2oc2ccccc23)c1. The summed E-state index contributed by atoms with van der Waals surface area (Å²) in [4.78, 5) is 8.54. The molecule has 2 aromatic carbocycles. The first-order chi connectivity index (χ1) is 11.5. The summed E-state index contributed by atoms with van der Waals surface area (Å²) in [7, 11) is -3.32. The van der Waals surface area contributed by atoms with Gasteiger partial charge in [-0.1, -0.05) is 18.2 Å². The first-order valence-electron chi connectivity index (χ1n) is 7.12. The number of nitrogens with zero attached hydrogens (tertiary/aromatic N) is 2. The second-order valence-electron chi connectivity index (χ2n) is 5.30. The maximum absolute atomic E-state index is 11.7. The lowest BCUT2D eigenvalue weighted by atomic mass is 10.2. The van der Waals surface area contributed by atoms with E-state index in [1.807, 2.05) is 24.3 Å². The van der Waals surface area contributed by atoms with Gasteiger partial charge in [0.2, 0.25) is 5.58 Å². The molecule has 0 aliphatic heterocycles. The molecule has 2 aromatic heterocycles. The van der Waals surface area contributed by atoms with Gasteiger partial charge in [-0.05, 0) is 30.3 Å². The molecule has 0 unspecified atom stereocenters. The molecular formula is C17H12N2O4S. The first kappa shape index (κ1) is 14.6. The molecule has 2 heterocycles. The molecule has 0 fully saturated rings. The van der Waals surface area contributed by atoms with Crippen LogP contribution >= 0.6 is 0 Å². The summed E-state index contributed by atoms with van der Waals surface area (Å²) in [5.41, 5.74) is 1.75. The molecule has 6 nitrogen and oxygen atoms in total. The van der Waals surface area contributed by atoms with Crippen molar-refractivity contribution in [1.29, 1.82) is 0 Å². The minimum absolute atomic E-state index is 0.176. The van der Waals surface area contributed by atoms with Gasteiger partial charge in [-0.15, -0.1) is 0 Å². The Kier molecular flexibility index (Phi) is 3.24. The minimum Gasteiger partial charge on any atom is -0.449 e. The van der Waals surface area contributed by atoms with Gasteiger partial charge in [0, 0.05) is 11.6 Å². The number of benzene rings is 2. The highest BCUT2D eigenvalue weighted by atomic mass is 32.2. The topological polar surface area (TPSA) is 82.3 Å². The van der Waals surface area contributed by atoms with E-state index < -0.39 is 9.84 Å². The molecule has 0 aliphatic carbocycles. The second kappa shape index (κ2) is 5.31.